The number of halogens is 1. The van der Waals surface area contributed by atoms with E-state index in [4.69, 9.17) is 4.52 Å². The number of nitrogens with one attached hydrogen (secondary N) is 2. The van der Waals surface area contributed by atoms with Crippen LogP contribution in [0.5, 0.6) is 0 Å². The lowest BCUT2D eigenvalue weighted by Gasteiger charge is -2.14. The number of guanidine groups is 1. The zero-order chi connectivity index (χ0) is 22.2. The van der Waals surface area contributed by atoms with E-state index in [1.165, 1.54) is 4.90 Å². The van der Waals surface area contributed by atoms with E-state index in [0.29, 0.717) is 42.6 Å². The standard InChI is InChI=1S/C23H31N5O3.HI/c1-4-16(5-2)20-14-17(31-27-20)15-26-23(24-3)25-12-8-9-13-28-21(29)18-10-6-7-11-19(18)22(28)30;/h6-7,10-11,14,16H,4-5,8-9,12-13,15H2,1-3H3,(H2,24,25,26);1H. The minimum Gasteiger partial charge on any atom is -0.359 e. The molecule has 0 saturated carbocycles. The van der Waals surface area contributed by atoms with Crippen molar-refractivity contribution in [1.29, 1.82) is 0 Å². The normalized spacial score (nSPS) is 13.4. The lowest BCUT2D eigenvalue weighted by atomic mass is 9.99. The third-order valence-corrected chi connectivity index (χ3v) is 5.61. The quantitative estimate of drug-likeness (QED) is 0.152. The molecule has 0 spiro atoms. The van der Waals surface area contributed by atoms with Crippen molar-refractivity contribution in [3.63, 3.8) is 0 Å². The second-order valence-corrected chi connectivity index (χ2v) is 7.60. The van der Waals surface area contributed by atoms with E-state index in [-0.39, 0.29) is 35.8 Å². The molecule has 1 aromatic heterocycles. The minimum atomic E-state index is -0.203. The van der Waals surface area contributed by atoms with Gasteiger partial charge in [0.2, 0.25) is 0 Å². The molecule has 0 radical (unpaired) electrons. The van der Waals surface area contributed by atoms with Crippen LogP contribution in [0.3, 0.4) is 0 Å². The number of amides is 2. The summed E-state index contributed by atoms with van der Waals surface area (Å²) in [5.41, 5.74) is 1.99. The van der Waals surface area contributed by atoms with E-state index in [9.17, 15) is 9.59 Å². The number of carbonyl (C=O) groups excluding carboxylic acids is 2. The molecule has 0 atom stereocenters. The average Bonchev–Trinajstić information content (AvgIpc) is 3.35. The highest BCUT2D eigenvalue weighted by molar-refractivity contribution is 14.0. The number of aromatic nitrogens is 1. The molecule has 9 heteroatoms. The molecule has 0 bridgehead atoms. The summed E-state index contributed by atoms with van der Waals surface area (Å²) >= 11 is 0. The molecule has 1 aliphatic heterocycles. The molecular weight excluding hydrogens is 521 g/mol. The van der Waals surface area contributed by atoms with Crippen molar-refractivity contribution < 1.29 is 14.1 Å². The Morgan fingerprint density at radius 3 is 2.34 bits per heavy atom. The van der Waals surface area contributed by atoms with E-state index in [2.05, 4.69) is 34.6 Å². The van der Waals surface area contributed by atoms with E-state index >= 15 is 0 Å². The van der Waals surface area contributed by atoms with Gasteiger partial charge in [-0.15, -0.1) is 24.0 Å². The highest BCUT2D eigenvalue weighted by Gasteiger charge is 2.34. The predicted molar refractivity (Wildman–Crippen MR) is 134 cm³/mol. The highest BCUT2D eigenvalue weighted by Crippen LogP contribution is 2.23. The van der Waals surface area contributed by atoms with Gasteiger partial charge in [0.25, 0.3) is 11.8 Å². The first kappa shape index (κ1) is 25.8. The van der Waals surface area contributed by atoms with Gasteiger partial charge in [-0.05, 0) is 37.8 Å². The molecule has 0 aliphatic carbocycles. The summed E-state index contributed by atoms with van der Waals surface area (Å²) < 4.78 is 5.43. The zero-order valence-electron chi connectivity index (χ0n) is 18.9. The lowest BCUT2D eigenvalue weighted by Crippen LogP contribution is -2.37. The molecule has 1 aromatic carbocycles. The number of imide groups is 1. The van der Waals surface area contributed by atoms with Gasteiger partial charge in [-0.3, -0.25) is 19.5 Å². The molecule has 2 amide bonds. The number of hydrogen-bond acceptors (Lipinski definition) is 5. The van der Waals surface area contributed by atoms with Crippen molar-refractivity contribution >= 4 is 41.8 Å². The summed E-state index contributed by atoms with van der Waals surface area (Å²) in [7, 11) is 1.71. The van der Waals surface area contributed by atoms with E-state index in [1.54, 1.807) is 31.3 Å². The smallest absolute Gasteiger partial charge is 0.261 e. The summed E-state index contributed by atoms with van der Waals surface area (Å²) in [4.78, 5) is 30.3. The Morgan fingerprint density at radius 1 is 1.09 bits per heavy atom. The second kappa shape index (κ2) is 12.6. The largest absolute Gasteiger partial charge is 0.359 e. The molecule has 32 heavy (non-hydrogen) atoms. The van der Waals surface area contributed by atoms with Crippen LogP contribution in [0.1, 0.15) is 77.6 Å². The van der Waals surface area contributed by atoms with E-state index in [0.717, 1.165) is 37.1 Å². The van der Waals surface area contributed by atoms with Gasteiger partial charge in [-0.1, -0.05) is 31.1 Å². The summed E-state index contributed by atoms with van der Waals surface area (Å²) in [6, 6.07) is 8.97. The third-order valence-electron chi connectivity index (χ3n) is 5.61. The predicted octanol–water partition coefficient (Wildman–Crippen LogP) is 3.94. The molecule has 0 unspecified atom stereocenters. The molecule has 1 aliphatic rings. The fourth-order valence-electron chi connectivity index (χ4n) is 3.75. The maximum Gasteiger partial charge on any atom is 0.261 e. The van der Waals surface area contributed by atoms with Crippen molar-refractivity contribution in [3.05, 3.63) is 52.9 Å². The van der Waals surface area contributed by atoms with Gasteiger partial charge < -0.3 is 15.2 Å². The summed E-state index contributed by atoms with van der Waals surface area (Å²) in [5.74, 6) is 1.46. The molecule has 8 nitrogen and oxygen atoms in total. The van der Waals surface area contributed by atoms with Crippen molar-refractivity contribution in [2.45, 2.75) is 52.0 Å². The molecular formula is C23H32IN5O3. The van der Waals surface area contributed by atoms with Crippen LogP contribution in [-0.2, 0) is 6.54 Å². The first-order valence-electron chi connectivity index (χ1n) is 10.9. The summed E-state index contributed by atoms with van der Waals surface area (Å²) in [6.07, 6.45) is 3.60. The lowest BCUT2D eigenvalue weighted by molar-refractivity contribution is 0.0652. The number of benzene rings is 1. The molecule has 0 fully saturated rings. The van der Waals surface area contributed by atoms with Gasteiger partial charge in [0.1, 0.15) is 0 Å². The van der Waals surface area contributed by atoms with Gasteiger partial charge in [-0.2, -0.15) is 0 Å². The third kappa shape index (κ3) is 6.08. The van der Waals surface area contributed by atoms with Crippen LogP contribution >= 0.6 is 24.0 Å². The van der Waals surface area contributed by atoms with Crippen LogP contribution in [0.2, 0.25) is 0 Å². The molecule has 2 heterocycles. The molecule has 174 valence electrons. The number of nitrogens with zero attached hydrogens (tertiary/aromatic N) is 3. The fourth-order valence-corrected chi connectivity index (χ4v) is 3.75. The van der Waals surface area contributed by atoms with Crippen molar-refractivity contribution in [3.8, 4) is 0 Å². The van der Waals surface area contributed by atoms with Crippen LogP contribution < -0.4 is 10.6 Å². The topological polar surface area (TPSA) is 99.8 Å². The van der Waals surface area contributed by atoms with Gasteiger partial charge in [-0.25, -0.2) is 0 Å². The molecule has 3 rings (SSSR count). The number of aliphatic imine (C=N–C) groups is 1. The Morgan fingerprint density at radius 2 is 1.75 bits per heavy atom. The fraction of sp³-hybridized carbons (Fsp3) is 0.478. The number of unbranched alkanes of at least 4 members (excludes halogenated alkanes) is 1. The van der Waals surface area contributed by atoms with Crippen molar-refractivity contribution in [2.24, 2.45) is 4.99 Å². The minimum absolute atomic E-state index is 0. The molecule has 2 aromatic rings. The van der Waals surface area contributed by atoms with Crippen LogP contribution in [0, 0.1) is 0 Å². The van der Waals surface area contributed by atoms with Crippen LogP contribution in [0.25, 0.3) is 0 Å². The van der Waals surface area contributed by atoms with E-state index in [1.807, 2.05) is 6.07 Å². The maximum atomic E-state index is 12.4. The van der Waals surface area contributed by atoms with Crippen molar-refractivity contribution in [1.82, 2.24) is 20.7 Å². The zero-order valence-corrected chi connectivity index (χ0v) is 21.2. The Hall–Kier alpha value is -2.43. The van der Waals surface area contributed by atoms with E-state index < -0.39 is 0 Å². The maximum absolute atomic E-state index is 12.4. The summed E-state index contributed by atoms with van der Waals surface area (Å²) in [5, 5.41) is 10.6. The van der Waals surface area contributed by atoms with Gasteiger partial charge in [0, 0.05) is 32.1 Å². The van der Waals surface area contributed by atoms with Gasteiger partial charge >= 0.3 is 0 Å². The molecule has 0 saturated heterocycles. The van der Waals surface area contributed by atoms with Crippen LogP contribution in [-0.4, -0.2) is 48.0 Å². The Balaban J connectivity index is 0.00000363. The number of carbonyl (C=O) groups is 2. The Bertz CT molecular complexity index is 904. The number of fused-ring (bicyclic) bond motifs is 1. The Kier molecular flexibility index (Phi) is 10.1. The number of hydrogen-bond donors (Lipinski definition) is 2. The second-order valence-electron chi connectivity index (χ2n) is 7.60. The van der Waals surface area contributed by atoms with Crippen LogP contribution in [0.15, 0.2) is 39.8 Å². The first-order chi connectivity index (χ1) is 15.1. The first-order valence-corrected chi connectivity index (χ1v) is 10.9. The number of rotatable bonds is 10. The summed E-state index contributed by atoms with van der Waals surface area (Å²) in [6.45, 7) is 5.90. The molecule has 2 N–H and O–H groups in total. The monoisotopic (exact) mass is 553 g/mol. The highest BCUT2D eigenvalue weighted by atomic mass is 127. The van der Waals surface area contributed by atoms with Crippen LogP contribution in [0.4, 0.5) is 0 Å². The van der Waals surface area contributed by atoms with Gasteiger partial charge in [0.15, 0.2) is 11.7 Å². The Labute approximate surface area is 206 Å². The van der Waals surface area contributed by atoms with Crippen molar-refractivity contribution in [2.75, 3.05) is 20.1 Å². The van der Waals surface area contributed by atoms with Gasteiger partial charge in [0.05, 0.1) is 23.4 Å². The average molecular weight is 553 g/mol. The SMILES string of the molecule is CCC(CC)c1cc(CNC(=NC)NCCCCN2C(=O)c3ccccc3C2=O)on1.I.